The van der Waals surface area contributed by atoms with Crippen molar-refractivity contribution in [2.45, 2.75) is 45.3 Å². The topological polar surface area (TPSA) is 0 Å². The Morgan fingerprint density at radius 2 is 1.27 bits per heavy atom. The van der Waals surface area contributed by atoms with E-state index in [0.717, 1.165) is 16.6 Å². The Morgan fingerprint density at radius 1 is 1.00 bits per heavy atom. The van der Waals surface area contributed by atoms with E-state index >= 15 is 0 Å². The van der Waals surface area contributed by atoms with E-state index in [1.54, 1.807) is 0 Å². The van der Waals surface area contributed by atoms with E-state index in [2.05, 4.69) is 44.0 Å². The Labute approximate surface area is 96.6 Å². The maximum Gasteiger partial charge on any atom is 1.00 e. The van der Waals surface area contributed by atoms with E-state index in [1.165, 1.54) is 12.8 Å². The van der Waals surface area contributed by atoms with Crippen LogP contribution in [0.2, 0.25) is 4.78 Å². The zero-order chi connectivity index (χ0) is 8.15. The van der Waals surface area contributed by atoms with Crippen LogP contribution < -0.4 is 18.9 Å². The van der Waals surface area contributed by atoms with Crippen LogP contribution in [0.25, 0.3) is 0 Å². The van der Waals surface area contributed by atoms with Gasteiger partial charge in [0, 0.05) is 0 Å². The van der Waals surface area contributed by atoms with Gasteiger partial charge in [0.2, 0.25) is 0 Å². The summed E-state index contributed by atoms with van der Waals surface area (Å²) in [6.45, 7) is 9.16. The Bertz CT molecular complexity index is 82.1. The summed E-state index contributed by atoms with van der Waals surface area (Å²) in [5.74, 6) is 1.70. The molecule has 0 unspecified atom stereocenters. The minimum absolute atomic E-state index is 0. The largest absolute Gasteiger partial charge is 1.00 e. The van der Waals surface area contributed by atoms with Gasteiger partial charge in [0.05, 0.1) is 0 Å². The van der Waals surface area contributed by atoms with Crippen LogP contribution in [0, 0.1) is 11.8 Å². The van der Waals surface area contributed by atoms with Crippen LogP contribution in [-0.2, 0) is 0 Å². The van der Waals surface area contributed by atoms with Gasteiger partial charge in [-0.25, -0.2) is 0 Å². The summed E-state index contributed by atoms with van der Waals surface area (Å²) in [4.78, 5) is 0. The predicted octanol–water partition coefficient (Wildman–Crippen LogP) is 0.377. The first-order valence-corrected chi connectivity index (χ1v) is 4.94. The molecule has 0 spiro atoms. The van der Waals surface area contributed by atoms with Gasteiger partial charge in [0.25, 0.3) is 0 Å². The van der Waals surface area contributed by atoms with E-state index in [4.69, 9.17) is 0 Å². The van der Waals surface area contributed by atoms with E-state index in [0.29, 0.717) is 0 Å². The summed E-state index contributed by atoms with van der Waals surface area (Å²) < 4.78 is 0.833. The monoisotopic (exact) mass is 164 g/mol. The van der Waals surface area contributed by atoms with Gasteiger partial charge in [-0.05, 0) is 0 Å². The van der Waals surface area contributed by atoms with E-state index in [-0.39, 0.29) is 23.1 Å². The van der Waals surface area contributed by atoms with Gasteiger partial charge in [0.15, 0.2) is 0 Å². The van der Waals surface area contributed by atoms with E-state index in [9.17, 15) is 0 Å². The van der Waals surface area contributed by atoms with Crippen molar-refractivity contribution in [1.29, 1.82) is 0 Å². The molecule has 0 saturated carbocycles. The molecule has 0 fully saturated rings. The second kappa shape index (κ2) is 7.76. The van der Waals surface area contributed by atoms with Crippen molar-refractivity contribution in [2.24, 2.45) is 11.8 Å². The number of hydrogen-bond donors (Lipinski definition) is 0. The Morgan fingerprint density at radius 3 is 1.45 bits per heavy atom. The summed E-state index contributed by atoms with van der Waals surface area (Å²) in [6.07, 6.45) is 2.70. The molecule has 0 aromatic carbocycles. The number of hydrogen-bond acceptors (Lipinski definition) is 0. The smallest absolute Gasteiger partial charge is 1.00 e. The molecule has 0 amide bonds. The summed E-state index contributed by atoms with van der Waals surface area (Å²) in [5.41, 5.74) is 0. The van der Waals surface area contributed by atoms with Gasteiger partial charge in [-0.1, -0.05) is 0 Å². The predicted molar refractivity (Wildman–Crippen MR) is 51.8 cm³/mol. The second-order valence-electron chi connectivity index (χ2n) is 4.02. The maximum absolute atomic E-state index is 2.95. The third kappa shape index (κ3) is 11.1. The molecule has 0 bridgehead atoms. The molecule has 62 valence electrons. The summed E-state index contributed by atoms with van der Waals surface area (Å²) >= 11 is 2.95. The van der Waals surface area contributed by atoms with Crippen molar-refractivity contribution in [3.63, 3.8) is 0 Å². The quantitative estimate of drug-likeness (QED) is 0.527. The average Bonchev–Trinajstić information content (AvgIpc) is 1.58. The molecule has 0 rings (SSSR count). The van der Waals surface area contributed by atoms with E-state index in [1.807, 2.05) is 0 Å². The third-order valence-corrected chi connectivity index (χ3v) is 2.09. The SMILES string of the molecule is CC(C)C[CH]([Al+2])CC(C)C.[H-].[H-].[H-].[Li+]. The standard InChI is InChI=1S/C9H19.Al.Li.3H/c1-8(2)6-5-7-9(3)4;;;;;/h5,8-9H,6-7H2,1-4H3;;;;;/q;+2;+1;3*-1. The first-order chi connectivity index (χ1) is 4.52. The van der Waals surface area contributed by atoms with Crippen molar-refractivity contribution in [3.8, 4) is 0 Å². The van der Waals surface area contributed by atoms with Crippen LogP contribution in [0.4, 0.5) is 0 Å². The Balaban J connectivity index is -0.0000000675. The van der Waals surface area contributed by atoms with Crippen LogP contribution in [0.15, 0.2) is 0 Å². The van der Waals surface area contributed by atoms with Crippen molar-refractivity contribution in [1.82, 2.24) is 0 Å². The number of rotatable bonds is 4. The third-order valence-electron chi connectivity index (χ3n) is 1.55. The minimum Gasteiger partial charge on any atom is -1.00 e. The van der Waals surface area contributed by atoms with Gasteiger partial charge in [-0.2, -0.15) is 0 Å². The fourth-order valence-corrected chi connectivity index (χ4v) is 2.40. The molecule has 0 atom stereocenters. The molecule has 0 heterocycles. The molecule has 0 saturated heterocycles. The molecule has 0 aliphatic heterocycles. The van der Waals surface area contributed by atoms with Crippen molar-refractivity contribution < 1.29 is 23.1 Å². The van der Waals surface area contributed by atoms with Crippen LogP contribution >= 0.6 is 0 Å². The maximum atomic E-state index is 2.95. The van der Waals surface area contributed by atoms with Gasteiger partial charge in [0.1, 0.15) is 0 Å². The summed E-state index contributed by atoms with van der Waals surface area (Å²) in [6, 6.07) is 0. The van der Waals surface area contributed by atoms with Gasteiger partial charge in [-0.15, -0.1) is 0 Å². The molecule has 0 radical (unpaired) electrons. The molecular weight excluding hydrogens is 142 g/mol. The average molecular weight is 164 g/mol. The van der Waals surface area contributed by atoms with E-state index < -0.39 is 0 Å². The zero-order valence-corrected chi connectivity index (χ0v) is 9.88. The first-order valence-electron chi connectivity index (χ1n) is 4.28. The molecule has 2 heteroatoms. The molecule has 0 aliphatic rings. The van der Waals surface area contributed by atoms with Crippen LogP contribution in [0.5, 0.6) is 0 Å². The fourth-order valence-electron chi connectivity index (χ4n) is 1.31. The molecule has 11 heavy (non-hydrogen) atoms. The Kier molecular flexibility index (Phi) is 10.3. The van der Waals surface area contributed by atoms with Crippen LogP contribution in [-0.4, -0.2) is 16.3 Å². The van der Waals surface area contributed by atoms with Gasteiger partial charge >= 0.3 is 92.3 Å². The van der Waals surface area contributed by atoms with Crippen molar-refractivity contribution in [3.05, 3.63) is 0 Å². The molecule has 0 N–H and O–H groups in total. The van der Waals surface area contributed by atoms with Crippen molar-refractivity contribution in [2.75, 3.05) is 0 Å². The summed E-state index contributed by atoms with van der Waals surface area (Å²) in [5, 5.41) is 0. The van der Waals surface area contributed by atoms with Gasteiger partial charge < -0.3 is 4.28 Å². The van der Waals surface area contributed by atoms with Crippen LogP contribution in [0.3, 0.4) is 0 Å². The normalized spacial score (nSPS) is 11.0. The Hall–Kier alpha value is 1.13. The molecule has 0 aromatic heterocycles. The molecular formula is C9H22AlLi. The minimum atomic E-state index is 0. The second-order valence-corrected chi connectivity index (χ2v) is 4.96. The molecule has 0 nitrogen and oxygen atoms in total. The fraction of sp³-hybridized carbons (Fsp3) is 1.00. The zero-order valence-electron chi connectivity index (χ0n) is 11.7. The van der Waals surface area contributed by atoms with Crippen LogP contribution in [0.1, 0.15) is 44.8 Å². The molecule has 0 aromatic rings. The van der Waals surface area contributed by atoms with Crippen molar-refractivity contribution >= 4 is 16.3 Å². The summed E-state index contributed by atoms with van der Waals surface area (Å²) in [7, 11) is 0. The first kappa shape index (κ1) is 14.6. The van der Waals surface area contributed by atoms with Gasteiger partial charge in [-0.3, -0.25) is 0 Å². The molecule has 0 aliphatic carbocycles.